The topological polar surface area (TPSA) is 0 Å². The van der Waals surface area contributed by atoms with Gasteiger partial charge in [-0.1, -0.05) is 52.1 Å². The second kappa shape index (κ2) is 5.72. The molecule has 2 heteroatoms. The fourth-order valence-electron chi connectivity index (χ4n) is 0.712. The van der Waals surface area contributed by atoms with Crippen LogP contribution in [-0.2, 0) is 0 Å². The number of alkyl halides is 2. The average Bonchev–Trinajstić information content (AvgIpc) is 1.87. The van der Waals surface area contributed by atoms with Gasteiger partial charge in [0, 0.05) is 9.65 Å². The number of hydrogen-bond acceptors (Lipinski definition) is 0. The van der Waals surface area contributed by atoms with Gasteiger partial charge in [-0.3, -0.25) is 0 Å². The van der Waals surface area contributed by atoms with E-state index in [0.717, 1.165) is 0 Å². The molecule has 0 fully saturated rings. The molecule has 0 rings (SSSR count). The quantitative estimate of drug-likeness (QED) is 0.674. The Morgan fingerprint density at radius 1 is 1.11 bits per heavy atom. The lowest BCUT2D eigenvalue weighted by molar-refractivity contribution is 0.703. The van der Waals surface area contributed by atoms with Crippen molar-refractivity contribution in [3.8, 4) is 0 Å². The largest absolute Gasteiger partial charge is 0.0879 e. The van der Waals surface area contributed by atoms with Crippen molar-refractivity contribution in [1.29, 1.82) is 0 Å². The third kappa shape index (κ3) is 4.38. The zero-order valence-corrected chi connectivity index (χ0v) is 9.20. The van der Waals surface area contributed by atoms with Crippen LogP contribution in [0.4, 0.5) is 0 Å². The molecule has 2 atom stereocenters. The third-order valence-corrected chi connectivity index (χ3v) is 4.44. The Morgan fingerprint density at radius 3 is 2.00 bits per heavy atom. The van der Waals surface area contributed by atoms with Crippen LogP contribution in [0.25, 0.3) is 0 Å². The van der Waals surface area contributed by atoms with Crippen molar-refractivity contribution in [2.24, 2.45) is 0 Å². The second-order valence-electron chi connectivity index (χ2n) is 2.23. The Bertz CT molecular complexity index is 63.9. The summed E-state index contributed by atoms with van der Waals surface area (Å²) in [4.78, 5) is 1.31. The van der Waals surface area contributed by atoms with Gasteiger partial charge >= 0.3 is 0 Å². The third-order valence-electron chi connectivity index (χ3n) is 1.35. The highest BCUT2D eigenvalue weighted by Crippen LogP contribution is 2.21. The molecule has 0 radical (unpaired) electrons. The molecule has 0 aliphatic rings. The van der Waals surface area contributed by atoms with Crippen LogP contribution in [-0.4, -0.2) is 9.65 Å². The minimum atomic E-state index is 0.650. The van der Waals surface area contributed by atoms with Crippen LogP contribution in [0, 0.1) is 0 Å². The molecule has 0 bridgehead atoms. The summed E-state index contributed by atoms with van der Waals surface area (Å²) < 4.78 is 0. The van der Waals surface area contributed by atoms with Gasteiger partial charge in [0.05, 0.1) is 0 Å². The van der Waals surface area contributed by atoms with Crippen molar-refractivity contribution in [1.82, 2.24) is 0 Å². The van der Waals surface area contributed by atoms with Crippen LogP contribution >= 0.6 is 31.9 Å². The van der Waals surface area contributed by atoms with E-state index in [1.54, 1.807) is 0 Å². The van der Waals surface area contributed by atoms with Crippen molar-refractivity contribution < 1.29 is 0 Å². The van der Waals surface area contributed by atoms with Crippen LogP contribution in [0.5, 0.6) is 0 Å². The standard InChI is InChI=1S/C7H14Br2/c1-3-5-7(9)6(8)4-2/h6-7H,3-5H2,1-2H3/t6-,7-/m0/s1. The molecule has 0 saturated carbocycles. The van der Waals surface area contributed by atoms with Crippen LogP contribution < -0.4 is 0 Å². The maximum atomic E-state index is 3.62. The van der Waals surface area contributed by atoms with Crippen molar-refractivity contribution in [2.45, 2.75) is 42.8 Å². The summed E-state index contributed by atoms with van der Waals surface area (Å²) >= 11 is 7.21. The summed E-state index contributed by atoms with van der Waals surface area (Å²) in [5, 5.41) is 0. The van der Waals surface area contributed by atoms with E-state index in [2.05, 4.69) is 45.7 Å². The van der Waals surface area contributed by atoms with Crippen LogP contribution in [0.1, 0.15) is 33.1 Å². The maximum absolute atomic E-state index is 3.62. The fourth-order valence-corrected chi connectivity index (χ4v) is 1.81. The van der Waals surface area contributed by atoms with Gasteiger partial charge in [0.25, 0.3) is 0 Å². The molecule has 0 aromatic heterocycles. The molecule has 0 nitrogen and oxygen atoms in total. The Kier molecular flexibility index (Phi) is 6.33. The molecule has 0 amide bonds. The molecule has 0 aromatic carbocycles. The second-order valence-corrected chi connectivity index (χ2v) is 4.58. The summed E-state index contributed by atoms with van der Waals surface area (Å²) in [5.41, 5.74) is 0. The van der Waals surface area contributed by atoms with Gasteiger partial charge in [-0.15, -0.1) is 0 Å². The molecule has 0 unspecified atom stereocenters. The highest BCUT2D eigenvalue weighted by atomic mass is 79.9. The van der Waals surface area contributed by atoms with E-state index in [0.29, 0.717) is 9.65 Å². The number of halogens is 2. The van der Waals surface area contributed by atoms with Gasteiger partial charge in [-0.25, -0.2) is 0 Å². The van der Waals surface area contributed by atoms with Crippen molar-refractivity contribution >= 4 is 31.9 Å². The van der Waals surface area contributed by atoms with Crippen LogP contribution in [0.3, 0.4) is 0 Å². The molecule has 9 heavy (non-hydrogen) atoms. The summed E-state index contributed by atoms with van der Waals surface area (Å²) in [6.45, 7) is 4.41. The van der Waals surface area contributed by atoms with Crippen molar-refractivity contribution in [3.63, 3.8) is 0 Å². The molecule has 0 aromatic rings. The van der Waals surface area contributed by atoms with Gasteiger partial charge in [0.15, 0.2) is 0 Å². The zero-order chi connectivity index (χ0) is 7.28. The minimum Gasteiger partial charge on any atom is -0.0879 e. The van der Waals surface area contributed by atoms with Crippen molar-refractivity contribution in [3.05, 3.63) is 0 Å². The number of rotatable bonds is 4. The highest BCUT2D eigenvalue weighted by Gasteiger charge is 2.11. The van der Waals surface area contributed by atoms with Crippen molar-refractivity contribution in [2.75, 3.05) is 0 Å². The summed E-state index contributed by atoms with van der Waals surface area (Å²) in [6.07, 6.45) is 3.73. The normalized spacial score (nSPS) is 17.3. The Balaban J connectivity index is 3.32. The van der Waals surface area contributed by atoms with Crippen LogP contribution in [0.2, 0.25) is 0 Å². The molecular weight excluding hydrogens is 244 g/mol. The van der Waals surface area contributed by atoms with Gasteiger partial charge in [-0.2, -0.15) is 0 Å². The van der Waals surface area contributed by atoms with E-state index < -0.39 is 0 Å². The smallest absolute Gasteiger partial charge is 0.0270 e. The van der Waals surface area contributed by atoms with Gasteiger partial charge < -0.3 is 0 Å². The first-order chi connectivity index (χ1) is 4.22. The van der Waals surface area contributed by atoms with E-state index in [1.165, 1.54) is 19.3 Å². The lowest BCUT2D eigenvalue weighted by Crippen LogP contribution is -2.11. The SMILES string of the molecule is CCC[C@H](Br)[C@@H](Br)CC. The molecule has 0 aliphatic heterocycles. The first-order valence-corrected chi connectivity index (χ1v) is 5.33. The average molecular weight is 258 g/mol. The maximum Gasteiger partial charge on any atom is 0.0270 e. The Morgan fingerprint density at radius 2 is 1.67 bits per heavy atom. The summed E-state index contributed by atoms with van der Waals surface area (Å²) in [6, 6.07) is 0. The van der Waals surface area contributed by atoms with E-state index in [4.69, 9.17) is 0 Å². The molecule has 56 valence electrons. The van der Waals surface area contributed by atoms with Gasteiger partial charge in [-0.05, 0) is 12.8 Å². The van der Waals surface area contributed by atoms with E-state index in [1.807, 2.05) is 0 Å². The molecule has 0 heterocycles. The molecule has 0 N–H and O–H groups in total. The van der Waals surface area contributed by atoms with Gasteiger partial charge in [0.2, 0.25) is 0 Å². The molecular formula is C7H14Br2. The fraction of sp³-hybridized carbons (Fsp3) is 1.00. The summed E-state index contributed by atoms with van der Waals surface area (Å²) in [7, 11) is 0. The number of hydrogen-bond donors (Lipinski definition) is 0. The first-order valence-electron chi connectivity index (χ1n) is 3.50. The predicted molar refractivity (Wildman–Crippen MR) is 50.6 cm³/mol. The van der Waals surface area contributed by atoms with E-state index in [-0.39, 0.29) is 0 Å². The highest BCUT2D eigenvalue weighted by molar-refractivity contribution is 9.12. The first kappa shape index (κ1) is 9.96. The monoisotopic (exact) mass is 256 g/mol. The molecule has 0 aliphatic carbocycles. The molecule has 0 saturated heterocycles. The van der Waals surface area contributed by atoms with E-state index >= 15 is 0 Å². The van der Waals surface area contributed by atoms with Gasteiger partial charge in [0.1, 0.15) is 0 Å². The molecule has 0 spiro atoms. The Hall–Kier alpha value is 0.960. The minimum absolute atomic E-state index is 0.650. The lowest BCUT2D eigenvalue weighted by atomic mass is 10.2. The van der Waals surface area contributed by atoms with Crippen LogP contribution in [0.15, 0.2) is 0 Å². The predicted octanol–water partition coefficient (Wildman–Crippen LogP) is 3.72. The lowest BCUT2D eigenvalue weighted by Gasteiger charge is -2.12. The Labute approximate surface area is 74.7 Å². The van der Waals surface area contributed by atoms with E-state index in [9.17, 15) is 0 Å². The summed E-state index contributed by atoms with van der Waals surface area (Å²) in [5.74, 6) is 0. The zero-order valence-electron chi connectivity index (χ0n) is 6.03.